The highest BCUT2D eigenvalue weighted by atomic mass is 32.1. The molecule has 0 spiro atoms. The molecule has 0 radical (unpaired) electrons. The molecule has 1 aliphatic carbocycles. The van der Waals surface area contributed by atoms with Gasteiger partial charge < -0.3 is 10.1 Å². The second kappa shape index (κ2) is 4.23. The highest BCUT2D eigenvalue weighted by molar-refractivity contribution is 7.13. The van der Waals surface area contributed by atoms with E-state index in [-0.39, 0.29) is 5.97 Å². The van der Waals surface area contributed by atoms with Crippen LogP contribution in [0.2, 0.25) is 0 Å². The number of aromatic nitrogens is 1. The Balaban J connectivity index is 1.93. The Labute approximate surface area is 112 Å². The summed E-state index contributed by atoms with van der Waals surface area (Å²) in [5, 5.41) is 5.82. The number of nitrogens with one attached hydrogen (secondary N) is 1. The topological polar surface area (TPSA) is 51.2 Å². The quantitative estimate of drug-likeness (QED) is 0.853. The Kier molecular flexibility index (Phi) is 3.13. The molecule has 5 heteroatoms. The summed E-state index contributed by atoms with van der Waals surface area (Å²) >= 11 is 1.44. The van der Waals surface area contributed by atoms with Crippen molar-refractivity contribution in [2.45, 2.75) is 27.7 Å². The van der Waals surface area contributed by atoms with Gasteiger partial charge in [0.25, 0.3) is 0 Å². The van der Waals surface area contributed by atoms with E-state index >= 15 is 0 Å². The summed E-state index contributed by atoms with van der Waals surface area (Å²) in [5.74, 6) is 0.252. The fourth-order valence-corrected chi connectivity index (χ4v) is 3.28. The van der Waals surface area contributed by atoms with Gasteiger partial charge in [-0.15, -0.1) is 11.3 Å². The molecule has 2 rings (SSSR count). The van der Waals surface area contributed by atoms with Gasteiger partial charge in [-0.3, -0.25) is 0 Å². The number of ether oxygens (including phenoxy) is 1. The van der Waals surface area contributed by atoms with Crippen LogP contribution in [0.3, 0.4) is 0 Å². The number of hydrogen-bond acceptors (Lipinski definition) is 5. The predicted octanol–water partition coefficient (Wildman–Crippen LogP) is 3.02. The maximum absolute atomic E-state index is 11.3. The van der Waals surface area contributed by atoms with Crippen LogP contribution in [0.5, 0.6) is 0 Å². The SMILES string of the molecule is COC(=O)c1csc(NCC2C(C)(C)C2(C)C)n1. The van der Waals surface area contributed by atoms with Crippen molar-refractivity contribution in [3.05, 3.63) is 11.1 Å². The number of anilines is 1. The third kappa shape index (κ3) is 2.00. The molecular weight excluding hydrogens is 248 g/mol. The van der Waals surface area contributed by atoms with Gasteiger partial charge >= 0.3 is 5.97 Å². The van der Waals surface area contributed by atoms with Gasteiger partial charge in [-0.2, -0.15) is 0 Å². The minimum Gasteiger partial charge on any atom is -0.464 e. The smallest absolute Gasteiger partial charge is 0.357 e. The number of rotatable bonds is 4. The van der Waals surface area contributed by atoms with E-state index in [4.69, 9.17) is 0 Å². The van der Waals surface area contributed by atoms with E-state index in [1.807, 2.05) is 0 Å². The van der Waals surface area contributed by atoms with Gasteiger partial charge in [0.15, 0.2) is 10.8 Å². The number of carbonyl (C=O) groups excluding carboxylic acids is 1. The van der Waals surface area contributed by atoms with Crippen LogP contribution in [0.25, 0.3) is 0 Å². The first-order valence-corrected chi connectivity index (χ1v) is 6.96. The number of methoxy groups -OCH3 is 1. The average molecular weight is 268 g/mol. The second-order valence-electron chi connectivity index (χ2n) is 5.91. The molecule has 4 nitrogen and oxygen atoms in total. The number of hydrogen-bond donors (Lipinski definition) is 1. The zero-order valence-electron chi connectivity index (χ0n) is 11.5. The molecule has 0 atom stereocenters. The molecule has 0 unspecified atom stereocenters. The first-order chi connectivity index (χ1) is 8.30. The van der Waals surface area contributed by atoms with Crippen LogP contribution < -0.4 is 5.32 Å². The van der Waals surface area contributed by atoms with Gasteiger partial charge in [0.2, 0.25) is 0 Å². The lowest BCUT2D eigenvalue weighted by Crippen LogP contribution is -2.08. The average Bonchev–Trinajstić information content (AvgIpc) is 2.70. The van der Waals surface area contributed by atoms with Crippen LogP contribution in [0.1, 0.15) is 38.2 Å². The largest absolute Gasteiger partial charge is 0.464 e. The molecule has 0 aromatic carbocycles. The Morgan fingerprint density at radius 3 is 2.56 bits per heavy atom. The normalized spacial score (nSPS) is 20.5. The fourth-order valence-electron chi connectivity index (χ4n) is 2.59. The van der Waals surface area contributed by atoms with E-state index in [2.05, 4.69) is 42.7 Å². The van der Waals surface area contributed by atoms with E-state index < -0.39 is 0 Å². The third-order valence-corrected chi connectivity index (χ3v) is 5.48. The monoisotopic (exact) mass is 268 g/mol. The van der Waals surface area contributed by atoms with Crippen molar-refractivity contribution in [3.8, 4) is 0 Å². The molecule has 100 valence electrons. The van der Waals surface area contributed by atoms with Crippen LogP contribution in [0.15, 0.2) is 5.38 Å². The van der Waals surface area contributed by atoms with Gasteiger partial charge in [0.1, 0.15) is 0 Å². The van der Waals surface area contributed by atoms with Gasteiger partial charge in [0.05, 0.1) is 7.11 Å². The summed E-state index contributed by atoms with van der Waals surface area (Å²) < 4.78 is 4.63. The lowest BCUT2D eigenvalue weighted by Gasteiger charge is -2.04. The number of esters is 1. The molecular formula is C13H20N2O2S. The lowest BCUT2D eigenvalue weighted by molar-refractivity contribution is 0.0595. The maximum atomic E-state index is 11.3. The summed E-state index contributed by atoms with van der Waals surface area (Å²) in [6.45, 7) is 10.1. The first-order valence-electron chi connectivity index (χ1n) is 6.08. The Hall–Kier alpha value is -1.10. The highest BCUT2D eigenvalue weighted by Crippen LogP contribution is 2.68. The van der Waals surface area contributed by atoms with E-state index in [0.29, 0.717) is 22.4 Å². The zero-order valence-corrected chi connectivity index (χ0v) is 12.4. The molecule has 1 N–H and O–H groups in total. The van der Waals surface area contributed by atoms with Crippen LogP contribution >= 0.6 is 11.3 Å². The summed E-state index contributed by atoms with van der Waals surface area (Å²) in [4.78, 5) is 15.5. The third-order valence-electron chi connectivity index (χ3n) is 4.68. The molecule has 0 bridgehead atoms. The Morgan fingerprint density at radius 2 is 2.06 bits per heavy atom. The number of carbonyl (C=O) groups is 1. The Bertz CT molecular complexity index is 451. The molecule has 0 aliphatic heterocycles. The molecule has 18 heavy (non-hydrogen) atoms. The Morgan fingerprint density at radius 1 is 1.44 bits per heavy atom. The van der Waals surface area contributed by atoms with Gasteiger partial charge in [0, 0.05) is 11.9 Å². The van der Waals surface area contributed by atoms with E-state index in [0.717, 1.165) is 11.7 Å². The van der Waals surface area contributed by atoms with Gasteiger partial charge in [-0.05, 0) is 16.7 Å². The minimum absolute atomic E-state index is 0.364. The summed E-state index contributed by atoms with van der Waals surface area (Å²) in [5.41, 5.74) is 1.10. The maximum Gasteiger partial charge on any atom is 0.357 e. The van der Waals surface area contributed by atoms with Crippen molar-refractivity contribution < 1.29 is 9.53 Å². The molecule has 1 aromatic rings. The molecule has 1 aromatic heterocycles. The van der Waals surface area contributed by atoms with Crippen LogP contribution in [0.4, 0.5) is 5.13 Å². The van der Waals surface area contributed by atoms with Crippen LogP contribution in [-0.4, -0.2) is 24.6 Å². The second-order valence-corrected chi connectivity index (χ2v) is 6.76. The van der Waals surface area contributed by atoms with Crippen LogP contribution in [-0.2, 0) is 4.74 Å². The van der Waals surface area contributed by atoms with E-state index in [1.165, 1.54) is 18.4 Å². The highest BCUT2D eigenvalue weighted by Gasteiger charge is 2.64. The summed E-state index contributed by atoms with van der Waals surface area (Å²) in [7, 11) is 1.37. The molecule has 1 fully saturated rings. The first kappa shape index (κ1) is 13.3. The molecule has 1 saturated carbocycles. The zero-order chi connectivity index (χ0) is 13.6. The van der Waals surface area contributed by atoms with Gasteiger partial charge in [-0.1, -0.05) is 27.7 Å². The lowest BCUT2D eigenvalue weighted by atomic mass is 10.0. The minimum atomic E-state index is -0.383. The van der Waals surface area contributed by atoms with Gasteiger partial charge in [-0.25, -0.2) is 9.78 Å². The number of thiazole rings is 1. The van der Waals surface area contributed by atoms with E-state index in [9.17, 15) is 4.79 Å². The molecule has 0 saturated heterocycles. The molecule has 0 amide bonds. The van der Waals surface area contributed by atoms with Crippen molar-refractivity contribution in [2.24, 2.45) is 16.7 Å². The van der Waals surface area contributed by atoms with Crippen LogP contribution in [0, 0.1) is 16.7 Å². The predicted molar refractivity (Wildman–Crippen MR) is 73.0 cm³/mol. The fraction of sp³-hybridized carbons (Fsp3) is 0.692. The van der Waals surface area contributed by atoms with Crippen molar-refractivity contribution >= 4 is 22.4 Å². The summed E-state index contributed by atoms with van der Waals surface area (Å²) in [6.07, 6.45) is 0. The molecule has 1 heterocycles. The van der Waals surface area contributed by atoms with Crippen molar-refractivity contribution in [2.75, 3.05) is 19.0 Å². The summed E-state index contributed by atoms with van der Waals surface area (Å²) in [6, 6.07) is 0. The standard InChI is InChI=1S/C13H20N2O2S/c1-12(2)9(13(12,3)4)6-14-11-15-8(7-18-11)10(16)17-5/h7,9H,6H2,1-5H3,(H,14,15). The van der Waals surface area contributed by atoms with Crippen molar-refractivity contribution in [1.29, 1.82) is 0 Å². The van der Waals surface area contributed by atoms with E-state index in [1.54, 1.807) is 5.38 Å². The van der Waals surface area contributed by atoms with Crippen molar-refractivity contribution in [3.63, 3.8) is 0 Å². The number of nitrogens with zero attached hydrogens (tertiary/aromatic N) is 1. The van der Waals surface area contributed by atoms with Crippen molar-refractivity contribution in [1.82, 2.24) is 4.98 Å². The molecule has 1 aliphatic rings.